The van der Waals surface area contributed by atoms with Crippen molar-refractivity contribution in [2.75, 3.05) is 50.8 Å². The molecule has 1 aromatic rings. The molecule has 7 heteroatoms. The van der Waals surface area contributed by atoms with Crippen LogP contribution in [0.25, 0.3) is 0 Å². The fraction of sp³-hybridized carbons (Fsp3) is 0.636. The summed E-state index contributed by atoms with van der Waals surface area (Å²) >= 11 is 0. The average molecular weight is 403 g/mol. The molecule has 1 aliphatic carbocycles. The predicted molar refractivity (Wildman–Crippen MR) is 110 cm³/mol. The number of amides is 1. The largest absolute Gasteiger partial charge is 0.376 e. The Kier molecular flexibility index (Phi) is 7.84. The smallest absolute Gasteiger partial charge is 0.234 e. The number of rotatable bonds is 7. The van der Waals surface area contributed by atoms with Crippen molar-refractivity contribution in [1.29, 1.82) is 5.26 Å². The number of benzene rings is 1. The highest BCUT2D eigenvalue weighted by atomic mass is 19.1. The number of piperazine rings is 1. The molecular formula is C22H31FN4O2. The van der Waals surface area contributed by atoms with E-state index in [0.29, 0.717) is 63.6 Å². The summed E-state index contributed by atoms with van der Waals surface area (Å²) in [5, 5.41) is 12.2. The van der Waals surface area contributed by atoms with Crippen molar-refractivity contribution in [3.05, 3.63) is 29.6 Å². The van der Waals surface area contributed by atoms with E-state index in [0.717, 1.165) is 6.42 Å². The Labute approximate surface area is 172 Å². The zero-order valence-corrected chi connectivity index (χ0v) is 17.2. The van der Waals surface area contributed by atoms with Crippen LogP contribution in [-0.4, -0.2) is 62.8 Å². The highest BCUT2D eigenvalue weighted by Gasteiger charge is 2.23. The molecule has 6 nitrogen and oxygen atoms in total. The fourth-order valence-electron chi connectivity index (χ4n) is 4.22. The van der Waals surface area contributed by atoms with Gasteiger partial charge in [-0.15, -0.1) is 0 Å². The number of ether oxygens (including phenoxy) is 1. The molecule has 0 bridgehead atoms. The molecule has 1 amide bonds. The first-order chi connectivity index (χ1) is 14.1. The lowest BCUT2D eigenvalue weighted by Gasteiger charge is -2.36. The van der Waals surface area contributed by atoms with E-state index in [-0.39, 0.29) is 11.5 Å². The van der Waals surface area contributed by atoms with Gasteiger partial charge in [-0.05, 0) is 30.9 Å². The van der Waals surface area contributed by atoms with Crippen molar-refractivity contribution < 1.29 is 13.9 Å². The topological polar surface area (TPSA) is 68.6 Å². The van der Waals surface area contributed by atoms with E-state index in [2.05, 4.69) is 17.1 Å². The molecule has 0 radical (unpaired) electrons. The number of carbonyl (C=O) groups excluding carboxylic acids is 1. The Hall–Kier alpha value is -2.17. The van der Waals surface area contributed by atoms with Crippen LogP contribution in [0.3, 0.4) is 0 Å². The molecule has 1 aliphatic heterocycles. The van der Waals surface area contributed by atoms with Crippen LogP contribution < -0.4 is 10.2 Å². The first-order valence-corrected chi connectivity index (χ1v) is 10.6. The van der Waals surface area contributed by atoms with Gasteiger partial charge in [0.1, 0.15) is 17.4 Å². The van der Waals surface area contributed by atoms with Gasteiger partial charge < -0.3 is 15.0 Å². The molecule has 3 rings (SSSR count). The zero-order chi connectivity index (χ0) is 20.6. The highest BCUT2D eigenvalue weighted by Crippen LogP contribution is 2.26. The van der Waals surface area contributed by atoms with Crippen molar-refractivity contribution in [2.24, 2.45) is 5.92 Å². The van der Waals surface area contributed by atoms with Gasteiger partial charge in [-0.25, -0.2) is 4.39 Å². The molecule has 1 saturated carbocycles. The third kappa shape index (κ3) is 5.91. The van der Waals surface area contributed by atoms with Crippen LogP contribution in [0.1, 0.15) is 38.2 Å². The molecule has 1 aromatic carbocycles. The minimum Gasteiger partial charge on any atom is -0.376 e. The monoisotopic (exact) mass is 402 g/mol. The Morgan fingerprint density at radius 3 is 2.76 bits per heavy atom. The number of nitrogens with zero attached hydrogens (tertiary/aromatic N) is 3. The van der Waals surface area contributed by atoms with E-state index >= 15 is 0 Å². The second-order valence-corrected chi connectivity index (χ2v) is 8.03. The second kappa shape index (κ2) is 10.6. The van der Waals surface area contributed by atoms with Gasteiger partial charge in [0, 0.05) is 32.7 Å². The van der Waals surface area contributed by atoms with Crippen LogP contribution in [0, 0.1) is 23.1 Å². The number of hydrogen-bond donors (Lipinski definition) is 1. The fourth-order valence-corrected chi connectivity index (χ4v) is 4.22. The maximum Gasteiger partial charge on any atom is 0.234 e. The minimum absolute atomic E-state index is 0.00205. The summed E-state index contributed by atoms with van der Waals surface area (Å²) in [5.41, 5.74) is 0.719. The lowest BCUT2D eigenvalue weighted by atomic mass is 9.88. The molecule has 2 fully saturated rings. The van der Waals surface area contributed by atoms with Gasteiger partial charge in [0.2, 0.25) is 5.91 Å². The molecule has 2 atom stereocenters. The van der Waals surface area contributed by atoms with Gasteiger partial charge in [-0.3, -0.25) is 9.69 Å². The van der Waals surface area contributed by atoms with E-state index < -0.39 is 5.82 Å². The molecule has 0 aromatic heterocycles. The van der Waals surface area contributed by atoms with Gasteiger partial charge in [0.15, 0.2) is 0 Å². The molecule has 1 saturated heterocycles. The van der Waals surface area contributed by atoms with Crippen LogP contribution in [-0.2, 0) is 9.53 Å². The first-order valence-electron chi connectivity index (χ1n) is 10.6. The Balaban J connectivity index is 1.36. The SMILES string of the molecule is CC1CCCCC1OCCNC(=O)CN1CCN(c2cccc(F)c2C#N)CC1. The van der Waals surface area contributed by atoms with Gasteiger partial charge in [0.25, 0.3) is 0 Å². The van der Waals surface area contributed by atoms with Crippen LogP contribution in [0.2, 0.25) is 0 Å². The molecule has 2 aliphatic rings. The summed E-state index contributed by atoms with van der Waals surface area (Å²) < 4.78 is 19.8. The van der Waals surface area contributed by atoms with E-state index in [4.69, 9.17) is 4.74 Å². The summed E-state index contributed by atoms with van der Waals surface area (Å²) in [5.74, 6) is 0.120. The van der Waals surface area contributed by atoms with Gasteiger partial charge in [-0.1, -0.05) is 25.8 Å². The number of nitrogens with one attached hydrogen (secondary N) is 1. The molecule has 1 N–H and O–H groups in total. The minimum atomic E-state index is -0.489. The Bertz CT molecular complexity index is 728. The van der Waals surface area contributed by atoms with E-state index in [9.17, 15) is 14.4 Å². The van der Waals surface area contributed by atoms with Crippen molar-refractivity contribution >= 4 is 11.6 Å². The van der Waals surface area contributed by atoms with Crippen molar-refractivity contribution in [1.82, 2.24) is 10.2 Å². The van der Waals surface area contributed by atoms with Gasteiger partial charge in [-0.2, -0.15) is 5.26 Å². The van der Waals surface area contributed by atoms with E-state index in [1.54, 1.807) is 12.1 Å². The maximum absolute atomic E-state index is 13.8. The van der Waals surface area contributed by atoms with Crippen LogP contribution in [0.5, 0.6) is 0 Å². The quantitative estimate of drug-likeness (QED) is 0.710. The molecule has 158 valence electrons. The van der Waals surface area contributed by atoms with Crippen molar-refractivity contribution in [3.63, 3.8) is 0 Å². The van der Waals surface area contributed by atoms with Crippen LogP contribution in [0.4, 0.5) is 10.1 Å². The maximum atomic E-state index is 13.8. The summed E-state index contributed by atoms with van der Waals surface area (Å²) in [4.78, 5) is 16.3. The lowest BCUT2D eigenvalue weighted by molar-refractivity contribution is -0.122. The van der Waals surface area contributed by atoms with E-state index in [1.807, 2.05) is 11.0 Å². The number of hydrogen-bond acceptors (Lipinski definition) is 5. The predicted octanol–water partition coefficient (Wildman–Crippen LogP) is 2.53. The molecule has 1 heterocycles. The average Bonchev–Trinajstić information content (AvgIpc) is 2.73. The number of halogens is 1. The van der Waals surface area contributed by atoms with Crippen LogP contribution in [0.15, 0.2) is 18.2 Å². The van der Waals surface area contributed by atoms with E-state index in [1.165, 1.54) is 25.3 Å². The first kappa shape index (κ1) is 21.5. The standard InChI is InChI=1S/C22H31FN4O2/c1-17-5-2-3-8-21(17)29-14-9-25-22(28)16-26-10-12-27(13-11-26)20-7-4-6-19(23)18(20)15-24/h4,6-7,17,21H,2-3,5,8-14,16H2,1H3,(H,25,28). The van der Waals surface area contributed by atoms with Gasteiger partial charge >= 0.3 is 0 Å². The number of anilines is 1. The molecule has 29 heavy (non-hydrogen) atoms. The third-order valence-electron chi connectivity index (χ3n) is 5.97. The second-order valence-electron chi connectivity index (χ2n) is 8.03. The normalized spacial score (nSPS) is 22.9. The number of carbonyl (C=O) groups is 1. The van der Waals surface area contributed by atoms with Crippen LogP contribution >= 0.6 is 0 Å². The van der Waals surface area contributed by atoms with Crippen molar-refractivity contribution in [3.8, 4) is 6.07 Å². The number of nitriles is 1. The molecule has 0 spiro atoms. The summed E-state index contributed by atoms with van der Waals surface area (Å²) in [6.07, 6.45) is 5.21. The highest BCUT2D eigenvalue weighted by molar-refractivity contribution is 5.78. The zero-order valence-electron chi connectivity index (χ0n) is 17.2. The summed E-state index contributed by atoms with van der Waals surface area (Å²) in [6, 6.07) is 6.66. The third-order valence-corrected chi connectivity index (χ3v) is 5.97. The lowest BCUT2D eigenvalue weighted by Crippen LogP contribution is -2.50. The molecular weight excluding hydrogens is 371 g/mol. The summed E-state index contributed by atoms with van der Waals surface area (Å²) in [7, 11) is 0. The Morgan fingerprint density at radius 1 is 1.28 bits per heavy atom. The van der Waals surface area contributed by atoms with Gasteiger partial charge in [0.05, 0.1) is 24.9 Å². The summed E-state index contributed by atoms with van der Waals surface area (Å²) in [6.45, 7) is 6.41. The molecule has 2 unspecified atom stereocenters. The Morgan fingerprint density at radius 2 is 2.03 bits per heavy atom. The van der Waals surface area contributed by atoms with Crippen molar-refractivity contribution in [2.45, 2.75) is 38.7 Å².